The van der Waals surface area contributed by atoms with Crippen LogP contribution in [0.4, 0.5) is 0 Å². The van der Waals surface area contributed by atoms with Crippen LogP contribution in [0.5, 0.6) is 0 Å². The number of hydrogen-bond acceptors (Lipinski definition) is 3. The zero-order valence-corrected chi connectivity index (χ0v) is 20.6. The second kappa shape index (κ2) is 11.7. The van der Waals surface area contributed by atoms with E-state index in [1.807, 2.05) is 0 Å². The maximum Gasteiger partial charge on any atom is 0.223 e. The van der Waals surface area contributed by atoms with Gasteiger partial charge in [0, 0.05) is 39.1 Å². The van der Waals surface area contributed by atoms with E-state index in [0.717, 1.165) is 58.5 Å². The lowest BCUT2D eigenvalue weighted by atomic mass is 9.94. The van der Waals surface area contributed by atoms with Gasteiger partial charge in [-0.15, -0.1) is 0 Å². The molecule has 0 spiro atoms. The number of piperidine rings is 1. The number of hydrogen-bond donors (Lipinski definition) is 0. The number of piperazine rings is 1. The van der Waals surface area contributed by atoms with Gasteiger partial charge in [-0.3, -0.25) is 9.69 Å². The van der Waals surface area contributed by atoms with E-state index in [2.05, 4.69) is 106 Å². The third-order valence-electron chi connectivity index (χ3n) is 7.63. The first-order valence-electron chi connectivity index (χ1n) is 13.2. The van der Waals surface area contributed by atoms with E-state index in [-0.39, 0.29) is 6.04 Å². The first kappa shape index (κ1) is 23.8. The Kier molecular flexibility index (Phi) is 7.92. The monoisotopic (exact) mass is 467 g/mol. The Morgan fingerprint density at radius 1 is 0.714 bits per heavy atom. The molecule has 1 unspecified atom stereocenters. The summed E-state index contributed by atoms with van der Waals surface area (Å²) < 4.78 is 0. The van der Waals surface area contributed by atoms with Crippen molar-refractivity contribution in [2.45, 2.75) is 37.8 Å². The third-order valence-corrected chi connectivity index (χ3v) is 7.63. The maximum atomic E-state index is 12.8. The SMILES string of the molecule is O=C1CCCC(c2ccccc2)N1CCCN1CCN(C(c2ccccc2)c2ccccc2)CC1. The Hall–Kier alpha value is -2.95. The van der Waals surface area contributed by atoms with Crippen LogP contribution in [-0.2, 0) is 4.79 Å². The van der Waals surface area contributed by atoms with Gasteiger partial charge in [-0.1, -0.05) is 91.0 Å². The number of carbonyl (C=O) groups excluding carboxylic acids is 1. The average molecular weight is 468 g/mol. The standard InChI is InChI=1S/C31H37N3O/c35-30-19-10-18-29(26-12-4-1-5-13-26)34(30)21-11-20-32-22-24-33(25-23-32)31(27-14-6-2-7-15-27)28-16-8-3-9-17-28/h1-9,12-17,29,31H,10-11,18-25H2. The molecule has 2 heterocycles. The summed E-state index contributed by atoms with van der Waals surface area (Å²) in [4.78, 5) is 20.1. The topological polar surface area (TPSA) is 26.8 Å². The van der Waals surface area contributed by atoms with Crippen molar-refractivity contribution in [2.75, 3.05) is 39.3 Å². The molecule has 0 N–H and O–H groups in total. The van der Waals surface area contributed by atoms with Gasteiger partial charge in [0.1, 0.15) is 0 Å². The van der Waals surface area contributed by atoms with Crippen molar-refractivity contribution in [1.29, 1.82) is 0 Å². The van der Waals surface area contributed by atoms with Crippen LogP contribution in [0.2, 0.25) is 0 Å². The Labute approximate surface area is 210 Å². The summed E-state index contributed by atoms with van der Waals surface area (Å²) in [6.07, 6.45) is 3.81. The fourth-order valence-electron chi connectivity index (χ4n) is 5.82. The predicted molar refractivity (Wildman–Crippen MR) is 142 cm³/mol. The van der Waals surface area contributed by atoms with Crippen molar-refractivity contribution < 1.29 is 4.79 Å². The zero-order valence-electron chi connectivity index (χ0n) is 20.6. The van der Waals surface area contributed by atoms with Crippen molar-refractivity contribution in [1.82, 2.24) is 14.7 Å². The Bertz CT molecular complexity index is 1010. The lowest BCUT2D eigenvalue weighted by Crippen LogP contribution is -2.48. The molecule has 5 rings (SSSR count). The van der Waals surface area contributed by atoms with Crippen LogP contribution in [0.15, 0.2) is 91.0 Å². The Morgan fingerprint density at radius 2 is 1.29 bits per heavy atom. The van der Waals surface area contributed by atoms with Crippen LogP contribution in [-0.4, -0.2) is 59.9 Å². The molecule has 1 atom stereocenters. The van der Waals surface area contributed by atoms with E-state index in [9.17, 15) is 4.79 Å². The molecular formula is C31H37N3O. The average Bonchev–Trinajstić information content (AvgIpc) is 2.92. The second-order valence-corrected chi connectivity index (χ2v) is 9.86. The van der Waals surface area contributed by atoms with Gasteiger partial charge >= 0.3 is 0 Å². The highest BCUT2D eigenvalue weighted by Crippen LogP contribution is 2.32. The van der Waals surface area contributed by atoms with Crippen LogP contribution < -0.4 is 0 Å². The number of amides is 1. The van der Waals surface area contributed by atoms with Crippen molar-refractivity contribution in [3.05, 3.63) is 108 Å². The summed E-state index contributed by atoms with van der Waals surface area (Å²) in [5, 5.41) is 0. The summed E-state index contributed by atoms with van der Waals surface area (Å²) in [7, 11) is 0. The lowest BCUT2D eigenvalue weighted by molar-refractivity contribution is -0.136. The third kappa shape index (κ3) is 5.83. The van der Waals surface area contributed by atoms with Crippen molar-refractivity contribution >= 4 is 5.91 Å². The van der Waals surface area contributed by atoms with E-state index < -0.39 is 0 Å². The molecule has 0 bridgehead atoms. The number of nitrogens with zero attached hydrogens (tertiary/aromatic N) is 3. The summed E-state index contributed by atoms with van der Waals surface area (Å²) in [6, 6.07) is 32.9. The summed E-state index contributed by atoms with van der Waals surface area (Å²) in [6.45, 7) is 6.18. The number of rotatable bonds is 8. The second-order valence-electron chi connectivity index (χ2n) is 9.86. The molecule has 2 aliphatic rings. The van der Waals surface area contributed by atoms with Gasteiger partial charge in [-0.25, -0.2) is 0 Å². The summed E-state index contributed by atoms with van der Waals surface area (Å²) in [5.41, 5.74) is 4.01. The molecule has 3 aromatic carbocycles. The highest BCUT2D eigenvalue weighted by molar-refractivity contribution is 5.77. The molecule has 0 aliphatic carbocycles. The number of likely N-dealkylation sites (tertiary alicyclic amines) is 1. The van der Waals surface area contributed by atoms with E-state index in [1.54, 1.807) is 0 Å². The van der Waals surface area contributed by atoms with Crippen LogP contribution in [0.25, 0.3) is 0 Å². The zero-order chi connectivity index (χ0) is 23.9. The molecule has 4 heteroatoms. The number of benzene rings is 3. The van der Waals surface area contributed by atoms with E-state index in [1.165, 1.54) is 16.7 Å². The molecular weight excluding hydrogens is 430 g/mol. The largest absolute Gasteiger partial charge is 0.336 e. The quantitative estimate of drug-likeness (QED) is 0.435. The smallest absolute Gasteiger partial charge is 0.223 e. The van der Waals surface area contributed by atoms with Crippen LogP contribution >= 0.6 is 0 Å². The summed E-state index contributed by atoms with van der Waals surface area (Å²) in [5.74, 6) is 0.323. The minimum absolute atomic E-state index is 0.242. The first-order chi connectivity index (χ1) is 17.3. The molecule has 3 aromatic rings. The van der Waals surface area contributed by atoms with Crippen molar-refractivity contribution in [3.63, 3.8) is 0 Å². The Morgan fingerprint density at radius 3 is 1.89 bits per heavy atom. The van der Waals surface area contributed by atoms with Gasteiger partial charge in [0.05, 0.1) is 12.1 Å². The molecule has 0 radical (unpaired) electrons. The summed E-state index contributed by atoms with van der Waals surface area (Å²) >= 11 is 0. The van der Waals surface area contributed by atoms with Gasteiger partial charge in [0.25, 0.3) is 0 Å². The van der Waals surface area contributed by atoms with Crippen molar-refractivity contribution in [3.8, 4) is 0 Å². The molecule has 0 saturated carbocycles. The molecule has 35 heavy (non-hydrogen) atoms. The molecule has 0 aromatic heterocycles. The predicted octanol–water partition coefficient (Wildman–Crippen LogP) is 5.54. The lowest BCUT2D eigenvalue weighted by Gasteiger charge is -2.40. The minimum atomic E-state index is 0.242. The molecule has 2 fully saturated rings. The van der Waals surface area contributed by atoms with Crippen LogP contribution in [0.3, 0.4) is 0 Å². The fraction of sp³-hybridized carbons (Fsp3) is 0.387. The maximum absolute atomic E-state index is 12.8. The number of carbonyl (C=O) groups is 1. The van der Waals surface area contributed by atoms with Gasteiger partial charge in [0.2, 0.25) is 5.91 Å². The van der Waals surface area contributed by atoms with E-state index in [0.29, 0.717) is 18.4 Å². The molecule has 2 aliphatic heterocycles. The van der Waals surface area contributed by atoms with Crippen molar-refractivity contribution in [2.24, 2.45) is 0 Å². The van der Waals surface area contributed by atoms with E-state index >= 15 is 0 Å². The molecule has 1 amide bonds. The van der Waals surface area contributed by atoms with Gasteiger partial charge in [-0.05, 0) is 42.5 Å². The van der Waals surface area contributed by atoms with Crippen LogP contribution in [0.1, 0.15) is 54.5 Å². The first-order valence-corrected chi connectivity index (χ1v) is 13.2. The van der Waals surface area contributed by atoms with Gasteiger partial charge in [0.15, 0.2) is 0 Å². The Balaban J connectivity index is 1.17. The van der Waals surface area contributed by atoms with E-state index in [4.69, 9.17) is 0 Å². The highest BCUT2D eigenvalue weighted by Gasteiger charge is 2.29. The molecule has 182 valence electrons. The minimum Gasteiger partial charge on any atom is -0.336 e. The highest BCUT2D eigenvalue weighted by atomic mass is 16.2. The van der Waals surface area contributed by atoms with Crippen LogP contribution in [0, 0.1) is 0 Å². The van der Waals surface area contributed by atoms with Gasteiger partial charge < -0.3 is 9.80 Å². The fourth-order valence-corrected chi connectivity index (χ4v) is 5.82. The molecule has 2 saturated heterocycles. The van der Waals surface area contributed by atoms with Gasteiger partial charge in [-0.2, -0.15) is 0 Å². The molecule has 4 nitrogen and oxygen atoms in total. The normalized spacial score (nSPS) is 19.9.